The number of nitrogen functional groups attached to an aromatic ring is 1. The summed E-state index contributed by atoms with van der Waals surface area (Å²) in [7, 11) is 0. The molecule has 0 saturated heterocycles. The number of hydrogen-bond donors (Lipinski definition) is 1. The zero-order valence-corrected chi connectivity index (χ0v) is 9.21. The molecule has 0 amide bonds. The molecule has 0 aliphatic carbocycles. The second-order valence-corrected chi connectivity index (χ2v) is 3.93. The van der Waals surface area contributed by atoms with E-state index in [0.717, 1.165) is 24.5 Å². The van der Waals surface area contributed by atoms with Gasteiger partial charge in [-0.15, -0.1) is 0 Å². The Kier molecular flexibility index (Phi) is 3.81. The smallest absolute Gasteiger partial charge is 0.122 e. The largest absolute Gasteiger partial charge is 0.493 e. The molecular formula is C12H19NO. The summed E-state index contributed by atoms with van der Waals surface area (Å²) >= 11 is 0. The first-order chi connectivity index (χ1) is 6.63. The van der Waals surface area contributed by atoms with Crippen molar-refractivity contribution in [2.45, 2.75) is 27.2 Å². The van der Waals surface area contributed by atoms with E-state index in [1.807, 2.05) is 18.2 Å². The molecule has 0 aliphatic heterocycles. The summed E-state index contributed by atoms with van der Waals surface area (Å²) < 4.78 is 5.69. The van der Waals surface area contributed by atoms with Crippen LogP contribution < -0.4 is 10.5 Å². The zero-order valence-electron chi connectivity index (χ0n) is 9.21. The van der Waals surface area contributed by atoms with Gasteiger partial charge in [0, 0.05) is 5.69 Å². The van der Waals surface area contributed by atoms with Gasteiger partial charge in [-0.1, -0.05) is 20.8 Å². The molecule has 1 rings (SSSR count). The van der Waals surface area contributed by atoms with Crippen molar-refractivity contribution >= 4 is 5.69 Å². The number of benzene rings is 1. The average Bonchev–Trinajstić information content (AvgIpc) is 2.15. The molecule has 2 N–H and O–H groups in total. The van der Waals surface area contributed by atoms with Crippen molar-refractivity contribution in [3.63, 3.8) is 0 Å². The second-order valence-electron chi connectivity index (χ2n) is 3.93. The van der Waals surface area contributed by atoms with Gasteiger partial charge < -0.3 is 10.5 Å². The first-order valence-electron chi connectivity index (χ1n) is 5.14. The molecule has 14 heavy (non-hydrogen) atoms. The summed E-state index contributed by atoms with van der Waals surface area (Å²) in [6, 6.07) is 5.82. The van der Waals surface area contributed by atoms with Gasteiger partial charge in [0.05, 0.1) is 6.61 Å². The molecule has 2 heteroatoms. The van der Waals surface area contributed by atoms with E-state index >= 15 is 0 Å². The number of anilines is 1. The monoisotopic (exact) mass is 193 g/mol. The third kappa shape index (κ3) is 2.95. The highest BCUT2D eigenvalue weighted by Crippen LogP contribution is 2.22. The molecular weight excluding hydrogens is 174 g/mol. The highest BCUT2D eigenvalue weighted by molar-refractivity contribution is 5.47. The Morgan fingerprint density at radius 1 is 1.36 bits per heavy atom. The molecule has 1 aromatic carbocycles. The molecule has 1 aromatic rings. The predicted molar refractivity (Wildman–Crippen MR) is 60.6 cm³/mol. The Morgan fingerprint density at radius 3 is 2.64 bits per heavy atom. The summed E-state index contributed by atoms with van der Waals surface area (Å²) in [6.07, 6.45) is 0.957. The highest BCUT2D eigenvalue weighted by atomic mass is 16.5. The minimum atomic E-state index is 0.553. The molecule has 0 aliphatic rings. The van der Waals surface area contributed by atoms with Crippen LogP contribution in [0.25, 0.3) is 0 Å². The fourth-order valence-corrected chi connectivity index (χ4v) is 1.27. The van der Waals surface area contributed by atoms with E-state index in [1.165, 1.54) is 5.56 Å². The lowest BCUT2D eigenvalue weighted by Gasteiger charge is -2.12. The molecule has 0 radical (unpaired) electrons. The first-order valence-corrected chi connectivity index (χ1v) is 5.14. The molecule has 2 nitrogen and oxygen atoms in total. The Balaban J connectivity index is 2.75. The Bertz CT molecular complexity index is 294. The topological polar surface area (TPSA) is 35.2 Å². The average molecular weight is 193 g/mol. The van der Waals surface area contributed by atoms with Crippen LogP contribution >= 0.6 is 0 Å². The maximum Gasteiger partial charge on any atom is 0.122 e. The fourth-order valence-electron chi connectivity index (χ4n) is 1.27. The predicted octanol–water partition coefficient (Wildman–Crippen LogP) is 2.87. The van der Waals surface area contributed by atoms with Gasteiger partial charge in [-0.05, 0) is 36.1 Å². The maximum atomic E-state index is 5.70. The van der Waals surface area contributed by atoms with Crippen LogP contribution in [0.3, 0.4) is 0 Å². The van der Waals surface area contributed by atoms with Crippen molar-refractivity contribution in [3.05, 3.63) is 23.8 Å². The van der Waals surface area contributed by atoms with Gasteiger partial charge in [-0.2, -0.15) is 0 Å². The van der Waals surface area contributed by atoms with E-state index in [1.54, 1.807) is 0 Å². The lowest BCUT2D eigenvalue weighted by Crippen LogP contribution is -2.06. The van der Waals surface area contributed by atoms with E-state index in [0.29, 0.717) is 5.92 Å². The van der Waals surface area contributed by atoms with Crippen molar-refractivity contribution in [3.8, 4) is 5.75 Å². The molecule has 78 valence electrons. The molecule has 0 fully saturated rings. The summed E-state index contributed by atoms with van der Waals surface area (Å²) in [6.45, 7) is 7.15. The van der Waals surface area contributed by atoms with Crippen molar-refractivity contribution < 1.29 is 4.74 Å². The lowest BCUT2D eigenvalue weighted by molar-refractivity contribution is 0.269. The van der Waals surface area contributed by atoms with Crippen LogP contribution in [-0.4, -0.2) is 6.61 Å². The van der Waals surface area contributed by atoms with Crippen LogP contribution in [-0.2, 0) is 6.42 Å². The van der Waals surface area contributed by atoms with Crippen LogP contribution in [0.2, 0.25) is 0 Å². The summed E-state index contributed by atoms with van der Waals surface area (Å²) in [5.41, 5.74) is 7.69. The second kappa shape index (κ2) is 4.89. The lowest BCUT2D eigenvalue weighted by atomic mass is 10.1. The van der Waals surface area contributed by atoms with E-state index in [2.05, 4.69) is 20.8 Å². The van der Waals surface area contributed by atoms with Crippen LogP contribution in [0.1, 0.15) is 26.3 Å². The van der Waals surface area contributed by atoms with Gasteiger partial charge in [0.1, 0.15) is 5.75 Å². The van der Waals surface area contributed by atoms with E-state index < -0.39 is 0 Å². The SMILES string of the molecule is CCc1cc(N)ccc1OCC(C)C. The molecule has 0 unspecified atom stereocenters. The van der Waals surface area contributed by atoms with E-state index in [-0.39, 0.29) is 0 Å². The summed E-state index contributed by atoms with van der Waals surface area (Å²) in [4.78, 5) is 0. The van der Waals surface area contributed by atoms with Crippen molar-refractivity contribution in [2.75, 3.05) is 12.3 Å². The quantitative estimate of drug-likeness (QED) is 0.746. The minimum Gasteiger partial charge on any atom is -0.493 e. The van der Waals surface area contributed by atoms with E-state index in [4.69, 9.17) is 10.5 Å². The van der Waals surface area contributed by atoms with Crippen LogP contribution in [0.15, 0.2) is 18.2 Å². The fraction of sp³-hybridized carbons (Fsp3) is 0.500. The van der Waals surface area contributed by atoms with Gasteiger partial charge in [0.25, 0.3) is 0 Å². The number of hydrogen-bond acceptors (Lipinski definition) is 2. The summed E-state index contributed by atoms with van der Waals surface area (Å²) in [5, 5.41) is 0. The zero-order chi connectivity index (χ0) is 10.6. The first kappa shape index (κ1) is 10.9. The van der Waals surface area contributed by atoms with Gasteiger partial charge in [-0.3, -0.25) is 0 Å². The molecule has 0 atom stereocenters. The van der Waals surface area contributed by atoms with Crippen molar-refractivity contribution in [1.82, 2.24) is 0 Å². The van der Waals surface area contributed by atoms with Gasteiger partial charge in [0.2, 0.25) is 0 Å². The Hall–Kier alpha value is -1.18. The number of ether oxygens (including phenoxy) is 1. The van der Waals surface area contributed by atoms with Gasteiger partial charge in [0.15, 0.2) is 0 Å². The Labute approximate surface area is 86.1 Å². The number of rotatable bonds is 4. The van der Waals surface area contributed by atoms with E-state index in [9.17, 15) is 0 Å². The molecule has 0 heterocycles. The maximum absolute atomic E-state index is 5.70. The molecule has 0 saturated carbocycles. The normalized spacial score (nSPS) is 10.6. The van der Waals surface area contributed by atoms with Crippen molar-refractivity contribution in [1.29, 1.82) is 0 Å². The Morgan fingerprint density at radius 2 is 2.07 bits per heavy atom. The number of nitrogens with two attached hydrogens (primary N) is 1. The summed E-state index contributed by atoms with van der Waals surface area (Å²) in [5.74, 6) is 1.52. The standard InChI is InChI=1S/C12H19NO/c1-4-10-7-11(13)5-6-12(10)14-8-9(2)3/h5-7,9H,4,8,13H2,1-3H3. The number of aryl methyl sites for hydroxylation is 1. The van der Waals surface area contributed by atoms with Gasteiger partial charge in [-0.25, -0.2) is 0 Å². The molecule has 0 bridgehead atoms. The molecule has 0 aromatic heterocycles. The van der Waals surface area contributed by atoms with Gasteiger partial charge >= 0.3 is 0 Å². The van der Waals surface area contributed by atoms with Crippen molar-refractivity contribution in [2.24, 2.45) is 5.92 Å². The third-order valence-corrected chi connectivity index (χ3v) is 2.04. The van der Waals surface area contributed by atoms with Crippen LogP contribution in [0.5, 0.6) is 5.75 Å². The highest BCUT2D eigenvalue weighted by Gasteiger charge is 2.03. The molecule has 0 spiro atoms. The third-order valence-electron chi connectivity index (χ3n) is 2.04. The van der Waals surface area contributed by atoms with Crippen LogP contribution in [0, 0.1) is 5.92 Å². The van der Waals surface area contributed by atoms with Crippen LogP contribution in [0.4, 0.5) is 5.69 Å². The minimum absolute atomic E-state index is 0.553.